The Morgan fingerprint density at radius 3 is 2.72 bits per heavy atom. The van der Waals surface area contributed by atoms with Crippen LogP contribution in [0.3, 0.4) is 0 Å². The summed E-state index contributed by atoms with van der Waals surface area (Å²) in [5, 5.41) is 12.0. The Labute approximate surface area is 180 Å². The summed E-state index contributed by atoms with van der Waals surface area (Å²) in [5.74, 6) is -0.600. The third-order valence-corrected chi connectivity index (χ3v) is 7.90. The van der Waals surface area contributed by atoms with Crippen LogP contribution < -0.4 is 5.32 Å². The second kappa shape index (κ2) is 8.25. The van der Waals surface area contributed by atoms with E-state index >= 15 is 0 Å². The predicted molar refractivity (Wildman–Crippen MR) is 117 cm³/mol. The van der Waals surface area contributed by atoms with Gasteiger partial charge in [0.2, 0.25) is 5.91 Å². The van der Waals surface area contributed by atoms with Crippen molar-refractivity contribution in [2.75, 3.05) is 12.4 Å². The third kappa shape index (κ3) is 3.94. The average molecular weight is 446 g/mol. The van der Waals surface area contributed by atoms with Gasteiger partial charge in [-0.25, -0.2) is 4.79 Å². The predicted octanol–water partition coefficient (Wildman–Crippen LogP) is 4.58. The number of thiophene rings is 1. The molecule has 1 aliphatic carbocycles. The maximum Gasteiger partial charge on any atom is 0.341 e. The number of hydrogen-bond acceptors (Lipinski definition) is 8. The molecule has 1 aliphatic rings. The number of nitrogens with zero attached hydrogens (tertiary/aromatic N) is 2. The van der Waals surface area contributed by atoms with E-state index in [9.17, 15) is 9.59 Å². The Morgan fingerprint density at radius 2 is 2.00 bits per heavy atom. The number of rotatable bonds is 5. The highest BCUT2D eigenvalue weighted by Crippen LogP contribution is 2.45. The number of aromatic nitrogens is 2. The number of carbonyl (C=O) groups is 2. The van der Waals surface area contributed by atoms with Gasteiger partial charge >= 0.3 is 5.97 Å². The highest BCUT2D eigenvalue weighted by molar-refractivity contribution is 8.02. The van der Waals surface area contributed by atoms with Gasteiger partial charge in [0, 0.05) is 4.88 Å². The first-order valence-electron chi connectivity index (χ1n) is 9.07. The quantitative estimate of drug-likeness (QED) is 0.457. The lowest BCUT2D eigenvalue weighted by molar-refractivity contribution is -0.115. The number of fused-ring (bicyclic) bond motifs is 3. The average Bonchev–Trinajstić information content (AvgIpc) is 3.30. The molecule has 0 bridgehead atoms. The number of carbonyl (C=O) groups excluding carboxylic acids is 2. The molecule has 1 aromatic carbocycles. The fourth-order valence-corrected chi connectivity index (χ4v) is 6.55. The highest BCUT2D eigenvalue weighted by atomic mass is 32.2. The zero-order valence-corrected chi connectivity index (χ0v) is 18.6. The lowest BCUT2D eigenvalue weighted by Crippen LogP contribution is -2.23. The van der Waals surface area contributed by atoms with Gasteiger partial charge in [0.15, 0.2) is 4.34 Å². The van der Waals surface area contributed by atoms with Gasteiger partial charge in [0.25, 0.3) is 0 Å². The molecule has 0 fully saturated rings. The van der Waals surface area contributed by atoms with Crippen molar-refractivity contribution in [1.29, 1.82) is 0 Å². The molecule has 4 rings (SSSR count). The molecular formula is C20H19N3O3S3. The molecule has 0 spiro atoms. The number of methoxy groups -OCH3 is 1. The van der Waals surface area contributed by atoms with Crippen LogP contribution in [0.5, 0.6) is 0 Å². The zero-order valence-electron chi connectivity index (χ0n) is 16.1. The van der Waals surface area contributed by atoms with E-state index in [2.05, 4.69) is 27.6 Å². The Morgan fingerprint density at radius 1 is 1.21 bits per heavy atom. The molecule has 1 amide bonds. The molecule has 0 aliphatic heterocycles. The number of ether oxygens (including phenoxy) is 1. The maximum absolute atomic E-state index is 12.8. The first-order valence-corrected chi connectivity index (χ1v) is 11.6. The summed E-state index contributed by atoms with van der Waals surface area (Å²) in [6.45, 7) is 3.69. The van der Waals surface area contributed by atoms with E-state index in [-0.39, 0.29) is 11.2 Å². The molecule has 2 aromatic heterocycles. The molecule has 150 valence electrons. The van der Waals surface area contributed by atoms with Crippen molar-refractivity contribution in [2.24, 2.45) is 0 Å². The molecule has 9 heteroatoms. The fraction of sp³-hybridized carbons (Fsp3) is 0.300. The van der Waals surface area contributed by atoms with E-state index in [1.165, 1.54) is 47.1 Å². The van der Waals surface area contributed by atoms with Crippen molar-refractivity contribution in [3.05, 3.63) is 46.0 Å². The van der Waals surface area contributed by atoms with E-state index < -0.39 is 5.97 Å². The normalized spacial score (nSPS) is 13.3. The van der Waals surface area contributed by atoms with Crippen LogP contribution in [0, 0.1) is 6.92 Å². The van der Waals surface area contributed by atoms with Gasteiger partial charge in [0.05, 0.1) is 17.9 Å². The topological polar surface area (TPSA) is 81.2 Å². The number of aryl methyl sites for hydroxylation is 2. The summed E-state index contributed by atoms with van der Waals surface area (Å²) in [6, 6.07) is 8.19. The molecule has 3 aromatic rings. The van der Waals surface area contributed by atoms with E-state index in [0.717, 1.165) is 38.2 Å². The van der Waals surface area contributed by atoms with Gasteiger partial charge < -0.3 is 10.1 Å². The monoisotopic (exact) mass is 445 g/mol. The zero-order chi connectivity index (χ0) is 20.5. The molecule has 1 atom stereocenters. The molecule has 0 saturated heterocycles. The van der Waals surface area contributed by atoms with Gasteiger partial charge in [-0.05, 0) is 43.4 Å². The Hall–Kier alpha value is -2.23. The summed E-state index contributed by atoms with van der Waals surface area (Å²) in [5.41, 5.74) is 3.80. The van der Waals surface area contributed by atoms with Gasteiger partial charge in [0.1, 0.15) is 10.0 Å². The van der Waals surface area contributed by atoms with Crippen molar-refractivity contribution in [3.8, 4) is 10.4 Å². The van der Waals surface area contributed by atoms with Gasteiger partial charge in [-0.2, -0.15) is 0 Å². The Bertz CT molecular complexity index is 1090. The highest BCUT2D eigenvalue weighted by Gasteiger charge is 2.30. The molecule has 6 nitrogen and oxygen atoms in total. The maximum atomic E-state index is 12.8. The van der Waals surface area contributed by atoms with Crippen LogP contribution in [-0.2, 0) is 22.4 Å². The van der Waals surface area contributed by atoms with Gasteiger partial charge in [-0.3, -0.25) is 4.79 Å². The number of anilines is 1. The summed E-state index contributed by atoms with van der Waals surface area (Å²) >= 11 is 4.25. The summed E-state index contributed by atoms with van der Waals surface area (Å²) < 4.78 is 5.77. The number of thioether (sulfide) groups is 1. The minimum Gasteiger partial charge on any atom is -0.465 e. The smallest absolute Gasteiger partial charge is 0.341 e. The second-order valence-corrected chi connectivity index (χ2v) is 10.4. The van der Waals surface area contributed by atoms with Crippen LogP contribution >= 0.6 is 34.4 Å². The van der Waals surface area contributed by atoms with E-state index in [1.807, 2.05) is 26.0 Å². The van der Waals surface area contributed by atoms with Crippen LogP contribution in [0.15, 0.2) is 28.6 Å². The standard InChI is InChI=1S/C20H19N3O3S3/c1-10(27-20-23-22-11(2)28-20)17(24)21-18-15(19(25)26-3)14-9-8-12-6-4-5-7-13(12)16(14)29-18/h4-7,10H,8-9H2,1-3H3,(H,21,24). The number of nitrogens with one attached hydrogen (secondary N) is 1. The minimum atomic E-state index is -0.419. The van der Waals surface area contributed by atoms with Gasteiger partial charge in [-0.1, -0.05) is 47.4 Å². The van der Waals surface area contributed by atoms with Crippen LogP contribution in [0.1, 0.15) is 33.4 Å². The molecule has 1 N–H and O–H groups in total. The molecular weight excluding hydrogens is 426 g/mol. The van der Waals surface area contributed by atoms with Crippen molar-refractivity contribution in [3.63, 3.8) is 0 Å². The largest absolute Gasteiger partial charge is 0.465 e. The number of esters is 1. The van der Waals surface area contributed by atoms with Crippen LogP contribution in [-0.4, -0.2) is 34.4 Å². The van der Waals surface area contributed by atoms with Crippen molar-refractivity contribution in [2.45, 2.75) is 36.3 Å². The SMILES string of the molecule is COC(=O)c1c(NC(=O)C(C)Sc2nnc(C)s2)sc2c1CCc1ccccc1-2. The number of hydrogen-bond donors (Lipinski definition) is 1. The van der Waals surface area contributed by atoms with Gasteiger partial charge in [-0.15, -0.1) is 21.5 Å². The van der Waals surface area contributed by atoms with E-state index in [4.69, 9.17) is 4.74 Å². The molecule has 0 saturated carbocycles. The van der Waals surface area contributed by atoms with E-state index in [0.29, 0.717) is 10.6 Å². The van der Waals surface area contributed by atoms with Crippen molar-refractivity contribution >= 4 is 51.3 Å². The van der Waals surface area contributed by atoms with Crippen molar-refractivity contribution < 1.29 is 14.3 Å². The first-order chi connectivity index (χ1) is 14.0. The Balaban J connectivity index is 1.64. The lowest BCUT2D eigenvalue weighted by atomic mass is 9.89. The summed E-state index contributed by atoms with van der Waals surface area (Å²) in [6.07, 6.45) is 1.61. The van der Waals surface area contributed by atoms with Crippen LogP contribution in [0.4, 0.5) is 5.00 Å². The van der Waals surface area contributed by atoms with Crippen LogP contribution in [0.2, 0.25) is 0 Å². The number of amides is 1. The first kappa shape index (κ1) is 20.1. The fourth-order valence-electron chi connectivity index (χ4n) is 3.29. The lowest BCUT2D eigenvalue weighted by Gasteiger charge is -2.16. The van der Waals surface area contributed by atoms with Crippen molar-refractivity contribution in [1.82, 2.24) is 10.2 Å². The molecule has 29 heavy (non-hydrogen) atoms. The minimum absolute atomic E-state index is 0.181. The van der Waals surface area contributed by atoms with E-state index in [1.54, 1.807) is 0 Å². The second-order valence-electron chi connectivity index (χ2n) is 6.60. The molecule has 0 radical (unpaired) electrons. The summed E-state index contributed by atoms with van der Waals surface area (Å²) in [4.78, 5) is 26.4. The number of benzene rings is 1. The van der Waals surface area contributed by atoms with Crippen LogP contribution in [0.25, 0.3) is 10.4 Å². The molecule has 2 heterocycles. The third-order valence-electron chi connectivity index (χ3n) is 4.69. The Kier molecular flexibility index (Phi) is 5.71. The summed E-state index contributed by atoms with van der Waals surface area (Å²) in [7, 11) is 1.37. The molecule has 1 unspecified atom stereocenters.